The first-order valence-electron chi connectivity index (χ1n) is 5.62. The molecule has 1 nitrogen and oxygen atoms in total. The van der Waals surface area contributed by atoms with E-state index in [1.54, 1.807) is 0 Å². The summed E-state index contributed by atoms with van der Waals surface area (Å²) in [6, 6.07) is 10.3. The SMILES string of the molecule is Cc1ccc(-c2cc(C)c(Cl)cc2C)cc1N. The van der Waals surface area contributed by atoms with E-state index >= 15 is 0 Å². The zero-order valence-corrected chi connectivity index (χ0v) is 11.1. The zero-order chi connectivity index (χ0) is 12.6. The molecule has 0 fully saturated rings. The lowest BCUT2D eigenvalue weighted by atomic mass is 9.97. The predicted octanol–water partition coefficient (Wildman–Crippen LogP) is 4.51. The second-order valence-electron chi connectivity index (χ2n) is 4.49. The molecular weight excluding hydrogens is 230 g/mol. The number of hydrogen-bond donors (Lipinski definition) is 1. The number of halogens is 1. The van der Waals surface area contributed by atoms with Gasteiger partial charge in [-0.15, -0.1) is 0 Å². The quantitative estimate of drug-likeness (QED) is 0.735. The molecular formula is C15H16ClN. The van der Waals surface area contributed by atoms with Crippen LogP contribution in [-0.2, 0) is 0 Å². The van der Waals surface area contributed by atoms with Crippen molar-refractivity contribution in [1.29, 1.82) is 0 Å². The molecule has 0 saturated carbocycles. The second kappa shape index (κ2) is 4.42. The van der Waals surface area contributed by atoms with Gasteiger partial charge >= 0.3 is 0 Å². The van der Waals surface area contributed by atoms with Crippen molar-refractivity contribution < 1.29 is 0 Å². The maximum absolute atomic E-state index is 6.11. The molecule has 2 rings (SSSR count). The summed E-state index contributed by atoms with van der Waals surface area (Å²) in [6.07, 6.45) is 0. The van der Waals surface area contributed by atoms with Crippen molar-refractivity contribution >= 4 is 17.3 Å². The molecule has 0 unspecified atom stereocenters. The van der Waals surface area contributed by atoms with Gasteiger partial charge in [0.25, 0.3) is 0 Å². The molecule has 0 aliphatic heterocycles. The molecule has 0 aliphatic carbocycles. The van der Waals surface area contributed by atoms with Gasteiger partial charge < -0.3 is 5.73 Å². The number of benzene rings is 2. The van der Waals surface area contributed by atoms with Crippen molar-refractivity contribution in [3.63, 3.8) is 0 Å². The van der Waals surface area contributed by atoms with E-state index in [4.69, 9.17) is 17.3 Å². The van der Waals surface area contributed by atoms with Crippen LogP contribution in [0.3, 0.4) is 0 Å². The number of hydrogen-bond acceptors (Lipinski definition) is 1. The number of rotatable bonds is 1. The van der Waals surface area contributed by atoms with Gasteiger partial charge in [0.15, 0.2) is 0 Å². The fraction of sp³-hybridized carbons (Fsp3) is 0.200. The Balaban J connectivity index is 2.60. The number of anilines is 1. The first-order chi connectivity index (χ1) is 7.99. The van der Waals surface area contributed by atoms with Gasteiger partial charge in [-0.25, -0.2) is 0 Å². The van der Waals surface area contributed by atoms with Crippen LogP contribution in [0.5, 0.6) is 0 Å². The van der Waals surface area contributed by atoms with E-state index in [1.807, 2.05) is 32.0 Å². The minimum absolute atomic E-state index is 0.811. The first-order valence-corrected chi connectivity index (χ1v) is 6.00. The summed E-state index contributed by atoms with van der Waals surface area (Å²) >= 11 is 6.11. The Labute approximate surface area is 107 Å². The summed E-state index contributed by atoms with van der Waals surface area (Å²) in [7, 11) is 0. The van der Waals surface area contributed by atoms with E-state index in [2.05, 4.69) is 19.1 Å². The topological polar surface area (TPSA) is 26.0 Å². The first kappa shape index (κ1) is 12.0. The van der Waals surface area contributed by atoms with Gasteiger partial charge in [0.05, 0.1) is 0 Å². The van der Waals surface area contributed by atoms with E-state index in [0.717, 1.165) is 27.4 Å². The zero-order valence-electron chi connectivity index (χ0n) is 10.3. The molecule has 2 heteroatoms. The highest BCUT2D eigenvalue weighted by atomic mass is 35.5. The van der Waals surface area contributed by atoms with Crippen molar-refractivity contribution in [3.05, 3.63) is 52.0 Å². The van der Waals surface area contributed by atoms with E-state index in [-0.39, 0.29) is 0 Å². The predicted molar refractivity (Wildman–Crippen MR) is 75.5 cm³/mol. The number of aryl methyl sites for hydroxylation is 3. The third kappa shape index (κ3) is 2.29. The van der Waals surface area contributed by atoms with Gasteiger partial charge in [0.2, 0.25) is 0 Å². The van der Waals surface area contributed by atoms with Crippen LogP contribution in [0.4, 0.5) is 5.69 Å². The van der Waals surface area contributed by atoms with E-state index in [9.17, 15) is 0 Å². The smallest absolute Gasteiger partial charge is 0.0438 e. The molecule has 0 aromatic heterocycles. The third-order valence-corrected chi connectivity index (χ3v) is 3.50. The van der Waals surface area contributed by atoms with Crippen LogP contribution >= 0.6 is 11.6 Å². The summed E-state index contributed by atoms with van der Waals surface area (Å²) in [5.41, 5.74) is 12.5. The maximum atomic E-state index is 6.11. The molecule has 88 valence electrons. The van der Waals surface area contributed by atoms with Gasteiger partial charge in [-0.2, -0.15) is 0 Å². The van der Waals surface area contributed by atoms with Crippen molar-refractivity contribution in [2.75, 3.05) is 5.73 Å². The average molecular weight is 246 g/mol. The molecule has 0 spiro atoms. The van der Waals surface area contributed by atoms with Crippen LogP contribution in [0.25, 0.3) is 11.1 Å². The van der Waals surface area contributed by atoms with Crippen molar-refractivity contribution in [2.45, 2.75) is 20.8 Å². The van der Waals surface area contributed by atoms with Crippen LogP contribution in [0.15, 0.2) is 30.3 Å². The minimum Gasteiger partial charge on any atom is -0.398 e. The number of nitrogens with two attached hydrogens (primary N) is 1. The van der Waals surface area contributed by atoms with Crippen LogP contribution in [0, 0.1) is 20.8 Å². The number of nitrogen functional groups attached to an aromatic ring is 1. The lowest BCUT2D eigenvalue weighted by molar-refractivity contribution is 1.38. The third-order valence-electron chi connectivity index (χ3n) is 3.10. The summed E-state index contributed by atoms with van der Waals surface area (Å²) in [5.74, 6) is 0. The second-order valence-corrected chi connectivity index (χ2v) is 4.89. The molecule has 0 radical (unpaired) electrons. The molecule has 0 aliphatic rings. The van der Waals surface area contributed by atoms with E-state index in [0.29, 0.717) is 0 Å². The Bertz CT molecular complexity index is 573. The Morgan fingerprint density at radius 2 is 1.59 bits per heavy atom. The van der Waals surface area contributed by atoms with Crippen LogP contribution in [-0.4, -0.2) is 0 Å². The Morgan fingerprint density at radius 1 is 0.882 bits per heavy atom. The summed E-state index contributed by atoms with van der Waals surface area (Å²) in [5, 5.41) is 0.811. The lowest BCUT2D eigenvalue weighted by Crippen LogP contribution is -1.92. The van der Waals surface area contributed by atoms with Gasteiger partial charge in [-0.05, 0) is 66.8 Å². The van der Waals surface area contributed by atoms with Crippen LogP contribution in [0.2, 0.25) is 5.02 Å². The molecule has 0 bridgehead atoms. The summed E-state index contributed by atoms with van der Waals surface area (Å²) < 4.78 is 0. The van der Waals surface area contributed by atoms with Gasteiger partial charge in [-0.1, -0.05) is 23.7 Å². The summed E-state index contributed by atoms with van der Waals surface area (Å²) in [6.45, 7) is 6.10. The van der Waals surface area contributed by atoms with E-state index in [1.165, 1.54) is 11.1 Å². The lowest BCUT2D eigenvalue weighted by Gasteiger charge is -2.10. The van der Waals surface area contributed by atoms with Gasteiger partial charge in [0, 0.05) is 10.7 Å². The van der Waals surface area contributed by atoms with Crippen molar-refractivity contribution in [3.8, 4) is 11.1 Å². The van der Waals surface area contributed by atoms with Crippen LogP contribution in [0.1, 0.15) is 16.7 Å². The molecule has 2 aromatic carbocycles. The Hall–Kier alpha value is -1.47. The Morgan fingerprint density at radius 3 is 2.24 bits per heavy atom. The van der Waals surface area contributed by atoms with Crippen molar-refractivity contribution in [2.24, 2.45) is 0 Å². The molecule has 2 N–H and O–H groups in total. The Kier molecular flexibility index (Phi) is 3.12. The molecule has 0 atom stereocenters. The maximum Gasteiger partial charge on any atom is 0.0438 e. The molecule has 0 heterocycles. The van der Waals surface area contributed by atoms with Gasteiger partial charge in [0.1, 0.15) is 0 Å². The monoisotopic (exact) mass is 245 g/mol. The average Bonchev–Trinajstić information content (AvgIpc) is 2.27. The normalized spacial score (nSPS) is 10.6. The standard InChI is InChI=1S/C15H16ClN/c1-9-4-5-12(8-15(9)17)13-6-11(3)14(16)7-10(13)2/h4-8H,17H2,1-3H3. The van der Waals surface area contributed by atoms with E-state index < -0.39 is 0 Å². The summed E-state index contributed by atoms with van der Waals surface area (Å²) in [4.78, 5) is 0. The highest BCUT2D eigenvalue weighted by molar-refractivity contribution is 6.31. The fourth-order valence-corrected chi connectivity index (χ4v) is 2.12. The molecule has 0 amide bonds. The van der Waals surface area contributed by atoms with Gasteiger partial charge in [-0.3, -0.25) is 0 Å². The van der Waals surface area contributed by atoms with Crippen molar-refractivity contribution in [1.82, 2.24) is 0 Å². The highest BCUT2D eigenvalue weighted by Gasteiger charge is 2.06. The molecule has 17 heavy (non-hydrogen) atoms. The minimum atomic E-state index is 0.811. The molecule has 2 aromatic rings. The fourth-order valence-electron chi connectivity index (χ4n) is 1.90. The molecule has 0 saturated heterocycles. The highest BCUT2D eigenvalue weighted by Crippen LogP contribution is 2.30. The largest absolute Gasteiger partial charge is 0.398 e. The van der Waals surface area contributed by atoms with Crippen LogP contribution < -0.4 is 5.73 Å².